The number of carbonyl (C=O) groups is 1. The predicted molar refractivity (Wildman–Crippen MR) is 88.2 cm³/mol. The van der Waals surface area contributed by atoms with Crippen LogP contribution in [0.25, 0.3) is 22.2 Å². The number of phenols is 1. The first kappa shape index (κ1) is 15.0. The number of carbonyl (C=O) groups excluding carboxylic acids is 1. The minimum absolute atomic E-state index is 0.0973. The summed E-state index contributed by atoms with van der Waals surface area (Å²) in [5.74, 6) is 0.651. The van der Waals surface area contributed by atoms with Crippen LogP contribution in [0.1, 0.15) is 6.42 Å². The number of amides is 1. The van der Waals surface area contributed by atoms with E-state index in [-0.39, 0.29) is 11.7 Å². The summed E-state index contributed by atoms with van der Waals surface area (Å²) in [5, 5.41) is 22.8. The molecule has 2 heterocycles. The van der Waals surface area contributed by atoms with Crippen LogP contribution in [-0.2, 0) is 4.79 Å². The number of nitrogens with one attached hydrogen (secondary N) is 3. The molecule has 23 heavy (non-hydrogen) atoms. The Balaban J connectivity index is 1.90. The van der Waals surface area contributed by atoms with E-state index >= 15 is 0 Å². The number of aromatic nitrogens is 3. The number of nitrogens with zero attached hydrogens (tertiary/aromatic N) is 2. The van der Waals surface area contributed by atoms with Gasteiger partial charge in [0, 0.05) is 24.7 Å². The van der Waals surface area contributed by atoms with E-state index in [4.69, 9.17) is 0 Å². The van der Waals surface area contributed by atoms with Crippen LogP contribution in [0.3, 0.4) is 0 Å². The minimum Gasteiger partial charge on any atom is -0.508 e. The Hall–Kier alpha value is -2.93. The number of hydrogen-bond acceptors (Lipinski definition) is 5. The molecule has 3 rings (SSSR count). The predicted octanol–water partition coefficient (Wildman–Crippen LogP) is 1.88. The quantitative estimate of drug-likeness (QED) is 0.576. The van der Waals surface area contributed by atoms with Crippen LogP contribution in [0.15, 0.2) is 36.5 Å². The van der Waals surface area contributed by atoms with Gasteiger partial charge in [-0.15, -0.1) is 0 Å². The van der Waals surface area contributed by atoms with Crippen molar-refractivity contribution in [2.75, 3.05) is 18.9 Å². The zero-order valence-corrected chi connectivity index (χ0v) is 12.6. The highest BCUT2D eigenvalue weighted by molar-refractivity contribution is 5.99. The zero-order chi connectivity index (χ0) is 16.2. The molecule has 1 aromatic carbocycles. The second-order valence-electron chi connectivity index (χ2n) is 5.14. The van der Waals surface area contributed by atoms with Crippen LogP contribution < -0.4 is 10.6 Å². The normalized spacial score (nSPS) is 10.8. The minimum atomic E-state index is -0.0973. The molecule has 0 aliphatic rings. The number of aromatic hydroxyl groups is 1. The molecule has 7 heteroatoms. The fraction of sp³-hybridized carbons (Fsp3) is 0.188. The average molecular weight is 311 g/mol. The van der Waals surface area contributed by atoms with Gasteiger partial charge in [0.2, 0.25) is 5.91 Å². The molecule has 0 radical (unpaired) electrons. The van der Waals surface area contributed by atoms with Gasteiger partial charge in [0.05, 0.1) is 5.39 Å². The number of benzene rings is 1. The molecule has 0 fully saturated rings. The van der Waals surface area contributed by atoms with Gasteiger partial charge in [-0.25, -0.2) is 4.98 Å². The summed E-state index contributed by atoms with van der Waals surface area (Å²) in [4.78, 5) is 16.2. The maximum Gasteiger partial charge on any atom is 0.226 e. The number of rotatable bonds is 5. The topological polar surface area (TPSA) is 103 Å². The Morgan fingerprint density at radius 1 is 1.26 bits per heavy atom. The Kier molecular flexibility index (Phi) is 4.20. The Bertz CT molecular complexity index is 826. The van der Waals surface area contributed by atoms with Crippen molar-refractivity contribution in [3.63, 3.8) is 0 Å². The summed E-state index contributed by atoms with van der Waals surface area (Å²) in [6, 6.07) is 8.77. The van der Waals surface area contributed by atoms with E-state index in [2.05, 4.69) is 25.8 Å². The van der Waals surface area contributed by atoms with Crippen LogP contribution in [0.4, 0.5) is 5.82 Å². The fourth-order valence-electron chi connectivity index (χ4n) is 2.25. The molecule has 118 valence electrons. The smallest absolute Gasteiger partial charge is 0.226 e. The largest absolute Gasteiger partial charge is 0.508 e. The van der Waals surface area contributed by atoms with Crippen LogP contribution in [-0.4, -0.2) is 39.8 Å². The van der Waals surface area contributed by atoms with Crippen LogP contribution in [0, 0.1) is 0 Å². The van der Waals surface area contributed by atoms with Crippen molar-refractivity contribution in [3.05, 3.63) is 36.5 Å². The van der Waals surface area contributed by atoms with Gasteiger partial charge in [0.25, 0.3) is 0 Å². The molecule has 0 unspecified atom stereocenters. The molecular formula is C16H17N5O2. The van der Waals surface area contributed by atoms with Crippen LogP contribution in [0.5, 0.6) is 5.75 Å². The highest BCUT2D eigenvalue weighted by Gasteiger charge is 2.11. The third-order valence-electron chi connectivity index (χ3n) is 3.48. The molecule has 0 bridgehead atoms. The third kappa shape index (κ3) is 3.29. The van der Waals surface area contributed by atoms with E-state index in [1.165, 1.54) is 0 Å². The molecule has 0 saturated heterocycles. The first-order valence-electron chi connectivity index (χ1n) is 7.25. The Morgan fingerprint density at radius 2 is 2.04 bits per heavy atom. The number of phenolic OH excluding ortho intramolecular Hbond substituents is 1. The van der Waals surface area contributed by atoms with Crippen LogP contribution in [0.2, 0.25) is 0 Å². The summed E-state index contributed by atoms with van der Waals surface area (Å²) in [5.41, 5.74) is 2.34. The first-order valence-corrected chi connectivity index (χ1v) is 7.25. The van der Waals surface area contributed by atoms with E-state index in [1.54, 1.807) is 25.4 Å². The second-order valence-corrected chi connectivity index (χ2v) is 5.14. The monoisotopic (exact) mass is 311 g/mol. The molecule has 1 amide bonds. The number of H-pyrrole nitrogens is 1. The molecule has 7 nitrogen and oxygen atoms in total. The lowest BCUT2D eigenvalue weighted by atomic mass is 10.1. The summed E-state index contributed by atoms with van der Waals surface area (Å²) in [6.07, 6.45) is 2.09. The van der Waals surface area contributed by atoms with E-state index < -0.39 is 0 Å². The summed E-state index contributed by atoms with van der Waals surface area (Å²) >= 11 is 0. The molecular weight excluding hydrogens is 294 g/mol. The number of fused-ring (bicyclic) bond motifs is 1. The molecule has 4 N–H and O–H groups in total. The maximum absolute atomic E-state index is 11.9. The second kappa shape index (κ2) is 6.45. The van der Waals surface area contributed by atoms with E-state index in [0.29, 0.717) is 24.4 Å². The van der Waals surface area contributed by atoms with Crippen molar-refractivity contribution in [3.8, 4) is 16.9 Å². The number of aromatic amines is 1. The van der Waals surface area contributed by atoms with Gasteiger partial charge in [-0.1, -0.05) is 12.1 Å². The molecule has 0 aliphatic carbocycles. The number of hydrogen-bond donors (Lipinski definition) is 4. The van der Waals surface area contributed by atoms with E-state index in [9.17, 15) is 9.90 Å². The van der Waals surface area contributed by atoms with Gasteiger partial charge in [-0.3, -0.25) is 9.89 Å². The van der Waals surface area contributed by atoms with Gasteiger partial charge >= 0.3 is 0 Å². The van der Waals surface area contributed by atoms with Crippen molar-refractivity contribution in [2.24, 2.45) is 0 Å². The van der Waals surface area contributed by atoms with Gasteiger partial charge < -0.3 is 15.7 Å². The van der Waals surface area contributed by atoms with Crippen molar-refractivity contribution >= 4 is 22.8 Å². The lowest BCUT2D eigenvalue weighted by Crippen LogP contribution is -2.18. The maximum atomic E-state index is 11.9. The van der Waals surface area contributed by atoms with Gasteiger partial charge in [-0.2, -0.15) is 5.10 Å². The molecule has 0 aliphatic heterocycles. The standard InChI is InChI=1S/C16H17N5O2/c1-17-7-6-14(23)19-16-13-8-11(9-18-15(13)20-21-16)10-2-4-12(22)5-3-10/h2-5,8-9,17,22H,6-7H2,1H3,(H2,18,19,20,21,23). The lowest BCUT2D eigenvalue weighted by Gasteiger charge is -2.04. The number of anilines is 1. The third-order valence-corrected chi connectivity index (χ3v) is 3.48. The lowest BCUT2D eigenvalue weighted by molar-refractivity contribution is -0.116. The van der Waals surface area contributed by atoms with Crippen molar-refractivity contribution < 1.29 is 9.90 Å². The molecule has 3 aromatic rings. The zero-order valence-electron chi connectivity index (χ0n) is 12.6. The number of pyridine rings is 1. The first-order chi connectivity index (χ1) is 11.2. The van der Waals surface area contributed by atoms with Gasteiger partial charge in [-0.05, 0) is 30.8 Å². The Labute approximate surface area is 132 Å². The van der Waals surface area contributed by atoms with E-state index in [1.807, 2.05) is 18.2 Å². The summed E-state index contributed by atoms with van der Waals surface area (Å²) < 4.78 is 0. The molecule has 0 saturated carbocycles. The SMILES string of the molecule is CNCCC(=O)Nc1[nH]nc2ncc(-c3ccc(O)cc3)cc12. The van der Waals surface area contributed by atoms with Crippen molar-refractivity contribution in [1.29, 1.82) is 0 Å². The highest BCUT2D eigenvalue weighted by Crippen LogP contribution is 2.27. The Morgan fingerprint density at radius 3 is 2.78 bits per heavy atom. The van der Waals surface area contributed by atoms with Gasteiger partial charge in [0.15, 0.2) is 5.65 Å². The van der Waals surface area contributed by atoms with Crippen LogP contribution >= 0.6 is 0 Å². The summed E-state index contributed by atoms with van der Waals surface area (Å²) in [7, 11) is 1.80. The van der Waals surface area contributed by atoms with Crippen molar-refractivity contribution in [1.82, 2.24) is 20.5 Å². The highest BCUT2D eigenvalue weighted by atomic mass is 16.3. The van der Waals surface area contributed by atoms with Crippen molar-refractivity contribution in [2.45, 2.75) is 6.42 Å². The molecule has 2 aromatic heterocycles. The molecule has 0 atom stereocenters. The summed E-state index contributed by atoms with van der Waals surface area (Å²) in [6.45, 7) is 0.606. The fourth-order valence-corrected chi connectivity index (χ4v) is 2.25. The van der Waals surface area contributed by atoms with Gasteiger partial charge in [0.1, 0.15) is 11.6 Å². The molecule has 0 spiro atoms. The average Bonchev–Trinajstić information content (AvgIpc) is 2.96. The van der Waals surface area contributed by atoms with E-state index in [0.717, 1.165) is 16.5 Å².